The first-order valence-corrected chi connectivity index (χ1v) is 10.4. The number of amidine groups is 1. The Morgan fingerprint density at radius 3 is 2.56 bits per heavy atom. The molecular weight excluding hydrogens is 362 g/mol. The van der Waals surface area contributed by atoms with Gasteiger partial charge in [0.2, 0.25) is 5.91 Å². The molecule has 142 valence electrons. The van der Waals surface area contributed by atoms with Crippen LogP contribution in [-0.2, 0) is 21.4 Å². The van der Waals surface area contributed by atoms with Crippen molar-refractivity contribution in [2.75, 3.05) is 13.1 Å². The molecule has 1 aliphatic rings. The average molecular weight is 385 g/mol. The van der Waals surface area contributed by atoms with Gasteiger partial charge in [0.1, 0.15) is 5.84 Å². The molecule has 2 aromatic carbocycles. The minimum absolute atomic E-state index is 0.000702. The first-order chi connectivity index (χ1) is 12.9. The number of carbonyl (C=O) groups is 1. The molecule has 0 unspecified atom stereocenters. The van der Waals surface area contributed by atoms with Gasteiger partial charge in [0.15, 0.2) is 0 Å². The SMILES string of the molecule is CCN(Cc1ccccc1C)C(=O)CCN=C1NS(=O)(=O)c2ccccc21. The van der Waals surface area contributed by atoms with Crippen LogP contribution >= 0.6 is 0 Å². The molecule has 0 radical (unpaired) electrons. The molecule has 1 heterocycles. The summed E-state index contributed by atoms with van der Waals surface area (Å²) in [5.74, 6) is 0.305. The lowest BCUT2D eigenvalue weighted by Crippen LogP contribution is -2.31. The van der Waals surface area contributed by atoms with E-state index < -0.39 is 10.0 Å². The second kappa shape index (κ2) is 7.92. The molecule has 0 aliphatic carbocycles. The summed E-state index contributed by atoms with van der Waals surface area (Å²) < 4.78 is 26.6. The maximum atomic E-state index is 12.6. The van der Waals surface area contributed by atoms with E-state index >= 15 is 0 Å². The van der Waals surface area contributed by atoms with Crippen LogP contribution in [0.1, 0.15) is 30.0 Å². The van der Waals surface area contributed by atoms with E-state index in [1.807, 2.05) is 38.1 Å². The van der Waals surface area contributed by atoms with E-state index in [2.05, 4.69) is 9.71 Å². The fourth-order valence-corrected chi connectivity index (χ4v) is 4.29. The predicted octanol–water partition coefficient (Wildman–Crippen LogP) is 2.47. The molecule has 27 heavy (non-hydrogen) atoms. The molecule has 2 aromatic rings. The Kier molecular flexibility index (Phi) is 5.60. The summed E-state index contributed by atoms with van der Waals surface area (Å²) in [5.41, 5.74) is 2.83. The first kappa shape index (κ1) is 19.1. The zero-order valence-corrected chi connectivity index (χ0v) is 16.3. The highest BCUT2D eigenvalue weighted by Gasteiger charge is 2.30. The first-order valence-electron chi connectivity index (χ1n) is 8.91. The Balaban J connectivity index is 1.65. The van der Waals surface area contributed by atoms with E-state index in [1.54, 1.807) is 29.2 Å². The fourth-order valence-electron chi connectivity index (χ4n) is 3.04. The van der Waals surface area contributed by atoms with Crippen LogP contribution < -0.4 is 4.72 Å². The third-order valence-corrected chi connectivity index (χ3v) is 6.01. The predicted molar refractivity (Wildman–Crippen MR) is 105 cm³/mol. The standard InChI is InChI=1S/C20H23N3O3S/c1-3-23(14-16-9-5-4-8-15(16)2)19(24)12-13-21-20-17-10-6-7-11-18(17)27(25,26)22-20/h4-11H,3,12-14H2,1-2H3,(H,21,22). The van der Waals surface area contributed by atoms with Crippen LogP contribution in [0.3, 0.4) is 0 Å². The Hall–Kier alpha value is -2.67. The number of aryl methyl sites for hydroxylation is 1. The number of rotatable bonds is 6. The summed E-state index contributed by atoms with van der Waals surface area (Å²) in [6, 6.07) is 14.7. The zero-order valence-electron chi connectivity index (χ0n) is 15.5. The minimum atomic E-state index is -3.55. The number of nitrogens with one attached hydrogen (secondary N) is 1. The quantitative estimate of drug-likeness (QED) is 0.830. The van der Waals surface area contributed by atoms with E-state index in [1.165, 1.54) is 0 Å². The molecule has 0 saturated heterocycles. The summed E-state index contributed by atoms with van der Waals surface area (Å²) in [5, 5.41) is 0. The second-order valence-electron chi connectivity index (χ2n) is 6.42. The number of fused-ring (bicyclic) bond motifs is 1. The molecule has 6 nitrogen and oxygen atoms in total. The van der Waals surface area contributed by atoms with Crippen LogP contribution in [0.5, 0.6) is 0 Å². The lowest BCUT2D eigenvalue weighted by Gasteiger charge is -2.21. The highest BCUT2D eigenvalue weighted by molar-refractivity contribution is 7.90. The van der Waals surface area contributed by atoms with Crippen molar-refractivity contribution in [2.45, 2.75) is 31.7 Å². The largest absolute Gasteiger partial charge is 0.339 e. The molecule has 0 saturated carbocycles. The molecule has 0 bridgehead atoms. The Morgan fingerprint density at radius 1 is 1.11 bits per heavy atom. The van der Waals surface area contributed by atoms with E-state index in [9.17, 15) is 13.2 Å². The number of carbonyl (C=O) groups excluding carboxylic acids is 1. The third kappa shape index (κ3) is 4.19. The van der Waals surface area contributed by atoms with Crippen LogP contribution in [0, 0.1) is 6.92 Å². The van der Waals surface area contributed by atoms with Crippen molar-refractivity contribution in [1.29, 1.82) is 0 Å². The van der Waals surface area contributed by atoms with Crippen LogP contribution in [0.15, 0.2) is 58.4 Å². The van der Waals surface area contributed by atoms with Gasteiger partial charge in [-0.15, -0.1) is 0 Å². The normalized spacial score (nSPS) is 16.0. The van der Waals surface area contributed by atoms with E-state index in [0.29, 0.717) is 24.5 Å². The molecule has 0 spiro atoms. The lowest BCUT2D eigenvalue weighted by atomic mass is 10.1. The monoisotopic (exact) mass is 385 g/mol. The molecule has 1 amide bonds. The number of nitrogens with zero attached hydrogens (tertiary/aromatic N) is 2. The molecule has 1 N–H and O–H groups in total. The Morgan fingerprint density at radius 2 is 1.81 bits per heavy atom. The van der Waals surface area contributed by atoms with Gasteiger partial charge < -0.3 is 4.90 Å². The summed E-state index contributed by atoms with van der Waals surface area (Å²) in [6.45, 7) is 5.38. The van der Waals surface area contributed by atoms with Gasteiger partial charge in [-0.3, -0.25) is 14.5 Å². The summed E-state index contributed by atoms with van der Waals surface area (Å²) >= 11 is 0. The molecular formula is C20H23N3O3S. The number of aliphatic imine (C=N–C) groups is 1. The zero-order chi connectivity index (χ0) is 19.4. The maximum absolute atomic E-state index is 12.6. The number of benzene rings is 2. The van der Waals surface area contributed by atoms with Crippen LogP contribution in [0.25, 0.3) is 0 Å². The number of hydrogen-bond acceptors (Lipinski definition) is 4. The van der Waals surface area contributed by atoms with Gasteiger partial charge in [-0.2, -0.15) is 0 Å². The summed E-state index contributed by atoms with van der Waals surface area (Å²) in [6.07, 6.45) is 0.229. The third-order valence-electron chi connectivity index (χ3n) is 4.62. The minimum Gasteiger partial charge on any atom is -0.339 e. The van der Waals surface area contributed by atoms with Crippen molar-refractivity contribution < 1.29 is 13.2 Å². The molecule has 0 fully saturated rings. The van der Waals surface area contributed by atoms with Gasteiger partial charge in [0.25, 0.3) is 10.0 Å². The number of hydrogen-bond donors (Lipinski definition) is 1. The smallest absolute Gasteiger partial charge is 0.263 e. The van der Waals surface area contributed by atoms with Gasteiger partial charge in [0.05, 0.1) is 11.4 Å². The van der Waals surface area contributed by atoms with Crippen LogP contribution in [0.2, 0.25) is 0 Å². The highest BCUT2D eigenvalue weighted by Crippen LogP contribution is 2.22. The molecule has 3 rings (SSSR count). The molecule has 7 heteroatoms. The Labute approximate surface area is 160 Å². The van der Waals surface area contributed by atoms with Crippen molar-refractivity contribution >= 4 is 21.8 Å². The van der Waals surface area contributed by atoms with Gasteiger partial charge in [0, 0.05) is 25.1 Å². The van der Waals surface area contributed by atoms with Crippen molar-refractivity contribution in [2.24, 2.45) is 4.99 Å². The number of amides is 1. The fraction of sp³-hybridized carbons (Fsp3) is 0.300. The van der Waals surface area contributed by atoms with Crippen molar-refractivity contribution in [3.8, 4) is 0 Å². The summed E-state index contributed by atoms with van der Waals surface area (Å²) in [4.78, 5) is 18.9. The van der Waals surface area contributed by atoms with Crippen LogP contribution in [-0.4, -0.2) is 38.2 Å². The van der Waals surface area contributed by atoms with Crippen molar-refractivity contribution in [3.05, 3.63) is 65.2 Å². The topological polar surface area (TPSA) is 78.8 Å². The molecule has 1 aliphatic heterocycles. The maximum Gasteiger partial charge on any atom is 0.263 e. The number of sulfonamides is 1. The van der Waals surface area contributed by atoms with Gasteiger partial charge in [-0.05, 0) is 37.1 Å². The Bertz CT molecular complexity index is 983. The van der Waals surface area contributed by atoms with E-state index in [4.69, 9.17) is 0 Å². The highest BCUT2D eigenvalue weighted by atomic mass is 32.2. The van der Waals surface area contributed by atoms with Crippen LogP contribution in [0.4, 0.5) is 0 Å². The molecule has 0 atom stereocenters. The van der Waals surface area contributed by atoms with E-state index in [0.717, 1.165) is 11.1 Å². The van der Waals surface area contributed by atoms with E-state index in [-0.39, 0.29) is 23.8 Å². The second-order valence-corrected chi connectivity index (χ2v) is 8.07. The average Bonchev–Trinajstić information content (AvgIpc) is 2.92. The lowest BCUT2D eigenvalue weighted by molar-refractivity contribution is -0.131. The van der Waals surface area contributed by atoms with Gasteiger partial charge in [-0.1, -0.05) is 36.4 Å². The van der Waals surface area contributed by atoms with Crippen molar-refractivity contribution in [3.63, 3.8) is 0 Å². The van der Waals surface area contributed by atoms with Gasteiger partial charge >= 0.3 is 0 Å². The summed E-state index contributed by atoms with van der Waals surface area (Å²) in [7, 11) is -3.55. The molecule has 0 aromatic heterocycles. The van der Waals surface area contributed by atoms with Gasteiger partial charge in [-0.25, -0.2) is 8.42 Å². The van der Waals surface area contributed by atoms with Crippen molar-refractivity contribution in [1.82, 2.24) is 9.62 Å².